The second-order valence-electron chi connectivity index (χ2n) is 25.5. The highest BCUT2D eigenvalue weighted by molar-refractivity contribution is 5.70. The van der Waals surface area contributed by atoms with Crippen LogP contribution in [0.4, 0.5) is 0 Å². The number of unbranched alkanes of at least 4 members (excludes halogenated alkanes) is 50. The van der Waals surface area contributed by atoms with Gasteiger partial charge in [0.2, 0.25) is 0 Å². The van der Waals surface area contributed by atoms with E-state index in [2.05, 4.69) is 26.0 Å². The zero-order valence-corrected chi connectivity index (χ0v) is 54.2. The summed E-state index contributed by atoms with van der Waals surface area (Å²) in [7, 11) is 5.95. The normalized spacial score (nSPS) is 12.7. The number of likely N-dealkylation sites (N-methyl/N-ethyl adjacent to an activating group) is 1. The number of carbonyl (C=O) groups excluding carboxylic acids is 3. The lowest BCUT2D eigenvalue weighted by Gasteiger charge is -2.26. The monoisotopic (exact) mass is 1130 g/mol. The van der Waals surface area contributed by atoms with Crippen molar-refractivity contribution in [3.63, 3.8) is 0 Å². The zero-order chi connectivity index (χ0) is 58.3. The lowest BCUT2D eigenvalue weighted by atomic mass is 10.0. The molecule has 0 aromatic rings. The maximum atomic E-state index is 12.9. The van der Waals surface area contributed by atoms with E-state index in [4.69, 9.17) is 18.9 Å². The first-order valence-electron chi connectivity index (χ1n) is 35.3. The Balaban J connectivity index is 4.04. The van der Waals surface area contributed by atoms with E-state index < -0.39 is 24.3 Å². The van der Waals surface area contributed by atoms with Gasteiger partial charge >= 0.3 is 11.9 Å². The number of carboxylic acid groups (broad SMARTS) is 1. The molecule has 9 heteroatoms. The van der Waals surface area contributed by atoms with E-state index in [9.17, 15) is 19.5 Å². The predicted molar refractivity (Wildman–Crippen MR) is 339 cm³/mol. The van der Waals surface area contributed by atoms with E-state index in [1.54, 1.807) is 0 Å². The topological polar surface area (TPSA) is 111 Å². The van der Waals surface area contributed by atoms with E-state index in [1.165, 1.54) is 302 Å². The van der Waals surface area contributed by atoms with Crippen molar-refractivity contribution >= 4 is 17.9 Å². The summed E-state index contributed by atoms with van der Waals surface area (Å²) in [5, 5.41) is 11.8. The molecular formula is C71H137NO8. The number of nitrogens with zero attached hydrogens (tertiary/aromatic N) is 1. The van der Waals surface area contributed by atoms with E-state index in [-0.39, 0.29) is 32.2 Å². The molecule has 0 aliphatic heterocycles. The van der Waals surface area contributed by atoms with Gasteiger partial charge in [0, 0.05) is 12.8 Å². The molecule has 9 nitrogen and oxygen atoms in total. The van der Waals surface area contributed by atoms with Crippen LogP contribution in [-0.4, -0.2) is 82.3 Å². The first kappa shape index (κ1) is 78.0. The van der Waals surface area contributed by atoms with Crippen LogP contribution in [0.1, 0.15) is 367 Å². The van der Waals surface area contributed by atoms with Gasteiger partial charge in [0.25, 0.3) is 0 Å². The highest BCUT2D eigenvalue weighted by Gasteiger charge is 2.22. The van der Waals surface area contributed by atoms with Gasteiger partial charge in [-0.3, -0.25) is 9.59 Å². The molecule has 0 saturated carbocycles. The first-order valence-corrected chi connectivity index (χ1v) is 35.3. The Hall–Kier alpha value is -1.97. The predicted octanol–water partition coefficient (Wildman–Crippen LogP) is 20.3. The van der Waals surface area contributed by atoms with Gasteiger partial charge in [-0.25, -0.2) is 0 Å². The molecule has 0 amide bonds. The van der Waals surface area contributed by atoms with Gasteiger partial charge in [0.15, 0.2) is 12.4 Å². The third kappa shape index (κ3) is 63.6. The van der Waals surface area contributed by atoms with E-state index >= 15 is 0 Å². The van der Waals surface area contributed by atoms with E-state index in [0.717, 1.165) is 38.5 Å². The molecule has 0 radical (unpaired) electrons. The van der Waals surface area contributed by atoms with Crippen LogP contribution < -0.4 is 5.11 Å². The SMILES string of the molecule is CCCCCCCCCC/C=C\CCCCCCCCCCCCCCCCCCCCCC(=O)OC(COC(=O)CCCCCCCCCCCCCCCCCCCCCCCCCC)COC(OCC[N+](C)(C)C)C(=O)[O-]. The summed E-state index contributed by atoms with van der Waals surface area (Å²) in [6, 6.07) is 0. The van der Waals surface area contributed by atoms with Crippen molar-refractivity contribution in [2.75, 3.05) is 47.5 Å². The molecule has 0 aromatic heterocycles. The minimum absolute atomic E-state index is 0.153. The highest BCUT2D eigenvalue weighted by atomic mass is 16.7. The summed E-state index contributed by atoms with van der Waals surface area (Å²) < 4.78 is 22.8. The lowest BCUT2D eigenvalue weighted by molar-refractivity contribution is -0.870. The Morgan fingerprint density at radius 3 is 0.925 bits per heavy atom. The fourth-order valence-electron chi connectivity index (χ4n) is 10.8. The highest BCUT2D eigenvalue weighted by Crippen LogP contribution is 2.19. The summed E-state index contributed by atoms with van der Waals surface area (Å²) in [4.78, 5) is 37.5. The number of quaternary nitrogens is 1. The van der Waals surface area contributed by atoms with Crippen molar-refractivity contribution in [2.24, 2.45) is 0 Å². The number of carboxylic acids is 1. The summed E-state index contributed by atoms with van der Waals surface area (Å²) in [5.74, 6) is -2.25. The molecule has 0 heterocycles. The van der Waals surface area contributed by atoms with Gasteiger partial charge in [0.1, 0.15) is 13.2 Å². The molecule has 0 aliphatic carbocycles. The maximum Gasteiger partial charge on any atom is 0.306 e. The van der Waals surface area contributed by atoms with Gasteiger partial charge in [0.05, 0.1) is 40.3 Å². The molecule has 0 fully saturated rings. The van der Waals surface area contributed by atoms with E-state index in [1.807, 2.05) is 21.1 Å². The Morgan fingerprint density at radius 1 is 0.362 bits per heavy atom. The van der Waals surface area contributed by atoms with Crippen molar-refractivity contribution in [3.05, 3.63) is 12.2 Å². The Morgan fingerprint density at radius 2 is 0.637 bits per heavy atom. The molecule has 2 atom stereocenters. The molecule has 0 bridgehead atoms. The number of carbonyl (C=O) groups is 3. The summed E-state index contributed by atoms with van der Waals surface area (Å²) in [5.41, 5.74) is 0. The third-order valence-corrected chi connectivity index (χ3v) is 16.3. The number of hydrogen-bond donors (Lipinski definition) is 0. The molecule has 2 unspecified atom stereocenters. The van der Waals surface area contributed by atoms with Crippen LogP contribution in [0.2, 0.25) is 0 Å². The summed E-state index contributed by atoms with van der Waals surface area (Å²) in [6.45, 7) is 4.83. The number of ether oxygens (including phenoxy) is 4. The molecule has 80 heavy (non-hydrogen) atoms. The summed E-state index contributed by atoms with van der Waals surface area (Å²) in [6.07, 6.45) is 73.0. The number of aliphatic carboxylic acids is 1. The van der Waals surface area contributed by atoms with Crippen LogP contribution in [0.15, 0.2) is 12.2 Å². The van der Waals surface area contributed by atoms with Crippen LogP contribution in [0.3, 0.4) is 0 Å². The van der Waals surface area contributed by atoms with Crippen molar-refractivity contribution in [1.29, 1.82) is 0 Å². The lowest BCUT2D eigenvalue weighted by Crippen LogP contribution is -2.44. The maximum absolute atomic E-state index is 12.9. The molecule has 0 aromatic carbocycles. The van der Waals surface area contributed by atoms with Gasteiger partial charge in [-0.2, -0.15) is 0 Å². The number of hydrogen-bond acceptors (Lipinski definition) is 8. The molecule has 0 spiro atoms. The van der Waals surface area contributed by atoms with Crippen LogP contribution in [0, 0.1) is 0 Å². The molecule has 474 valence electrons. The summed E-state index contributed by atoms with van der Waals surface area (Å²) >= 11 is 0. The zero-order valence-electron chi connectivity index (χ0n) is 54.2. The fourth-order valence-corrected chi connectivity index (χ4v) is 10.8. The average Bonchev–Trinajstić information content (AvgIpc) is 3.43. The molecule has 0 N–H and O–H groups in total. The van der Waals surface area contributed by atoms with Crippen LogP contribution in [-0.2, 0) is 33.3 Å². The minimum Gasteiger partial charge on any atom is -0.545 e. The minimum atomic E-state index is -1.62. The van der Waals surface area contributed by atoms with Crippen LogP contribution >= 0.6 is 0 Å². The largest absolute Gasteiger partial charge is 0.545 e. The molecule has 0 saturated heterocycles. The number of rotatable bonds is 67. The second kappa shape index (κ2) is 63.1. The van der Waals surface area contributed by atoms with Crippen molar-refractivity contribution in [3.8, 4) is 0 Å². The van der Waals surface area contributed by atoms with E-state index in [0.29, 0.717) is 17.4 Å². The van der Waals surface area contributed by atoms with Crippen molar-refractivity contribution in [1.82, 2.24) is 0 Å². The number of allylic oxidation sites excluding steroid dienone is 2. The number of esters is 2. The van der Waals surface area contributed by atoms with Crippen molar-refractivity contribution in [2.45, 2.75) is 379 Å². The molecule has 0 rings (SSSR count). The fraction of sp³-hybridized carbons (Fsp3) is 0.930. The average molecular weight is 1130 g/mol. The Kier molecular flexibility index (Phi) is 61.5. The second-order valence-corrected chi connectivity index (χ2v) is 25.5. The smallest absolute Gasteiger partial charge is 0.306 e. The van der Waals surface area contributed by atoms with Crippen LogP contribution in [0.25, 0.3) is 0 Å². The van der Waals surface area contributed by atoms with Crippen molar-refractivity contribution < 1.29 is 42.9 Å². The first-order chi connectivity index (χ1) is 39.1. The van der Waals surface area contributed by atoms with Gasteiger partial charge in [-0.15, -0.1) is 0 Å². The van der Waals surface area contributed by atoms with Gasteiger partial charge in [-0.05, 0) is 38.5 Å². The third-order valence-electron chi connectivity index (χ3n) is 16.3. The van der Waals surface area contributed by atoms with Crippen LogP contribution in [0.5, 0.6) is 0 Å². The molecular weight excluding hydrogens is 995 g/mol. The Labute approximate surface area is 497 Å². The van der Waals surface area contributed by atoms with Gasteiger partial charge in [-0.1, -0.05) is 328 Å². The Bertz CT molecular complexity index is 1320. The quantitative estimate of drug-likeness (QED) is 0.0195. The standard InChI is InChI=1S/C71H137NO8/c1-6-8-10-12-14-16-18-20-22-24-26-28-30-32-33-34-35-36-37-38-40-42-44-46-48-50-52-54-56-58-60-62-69(74)80-67(66-79-71(70(75)76)77-64-63-72(3,4)5)65-78-68(73)61-59-57-55-53-51-49-47-45-43-41-39-31-29-27-25-23-21-19-17-15-13-11-9-7-2/h24,26,67,71H,6-23,25,27-66H2,1-5H3/b26-24-. The van der Waals surface area contributed by atoms with Gasteiger partial charge < -0.3 is 33.3 Å². The molecule has 0 aliphatic rings.